The lowest BCUT2D eigenvalue weighted by Gasteiger charge is -2.21. The molecular formula is C12H13NO2. The predicted molar refractivity (Wildman–Crippen MR) is 57.9 cm³/mol. The highest BCUT2D eigenvalue weighted by Gasteiger charge is 2.17. The summed E-state index contributed by atoms with van der Waals surface area (Å²) in [4.78, 5) is 11.0. The van der Waals surface area contributed by atoms with Crippen molar-refractivity contribution in [2.24, 2.45) is 0 Å². The first-order chi connectivity index (χ1) is 7.29. The molecule has 0 saturated carbocycles. The molecule has 0 aromatic heterocycles. The van der Waals surface area contributed by atoms with Gasteiger partial charge in [-0.05, 0) is 18.1 Å². The summed E-state index contributed by atoms with van der Waals surface area (Å²) in [7, 11) is 0. The van der Waals surface area contributed by atoms with E-state index in [1.54, 1.807) is 12.1 Å². The number of nitrogens with one attached hydrogen (secondary N) is 1. The fourth-order valence-corrected chi connectivity index (χ4v) is 1.84. The van der Waals surface area contributed by atoms with Gasteiger partial charge < -0.3 is 10.4 Å². The van der Waals surface area contributed by atoms with Crippen LogP contribution in [0.5, 0.6) is 0 Å². The minimum Gasteiger partial charge on any atom is -0.478 e. The standard InChI is InChI=1S/C12H13NO2/c14-12(15)10-6-2-1-5-9(10)11-7-3-4-8-13-11/h1-6,11,13H,7-8H2,(H,14,15). The van der Waals surface area contributed by atoms with Gasteiger partial charge >= 0.3 is 5.97 Å². The van der Waals surface area contributed by atoms with Crippen molar-refractivity contribution in [1.82, 2.24) is 5.32 Å². The highest BCUT2D eigenvalue weighted by Crippen LogP contribution is 2.23. The molecule has 2 rings (SSSR count). The van der Waals surface area contributed by atoms with Gasteiger partial charge in [-0.25, -0.2) is 4.79 Å². The molecule has 1 heterocycles. The van der Waals surface area contributed by atoms with E-state index in [2.05, 4.69) is 17.5 Å². The monoisotopic (exact) mass is 203 g/mol. The largest absolute Gasteiger partial charge is 0.478 e. The number of hydrogen-bond acceptors (Lipinski definition) is 2. The van der Waals surface area contributed by atoms with Gasteiger partial charge in [0.1, 0.15) is 0 Å². The summed E-state index contributed by atoms with van der Waals surface area (Å²) in [5.41, 5.74) is 1.26. The highest BCUT2D eigenvalue weighted by molar-refractivity contribution is 5.89. The van der Waals surface area contributed by atoms with E-state index < -0.39 is 5.97 Å². The lowest BCUT2D eigenvalue weighted by atomic mass is 9.96. The number of hydrogen-bond donors (Lipinski definition) is 2. The molecule has 1 aromatic rings. The summed E-state index contributed by atoms with van der Waals surface area (Å²) in [5.74, 6) is -0.859. The summed E-state index contributed by atoms with van der Waals surface area (Å²) in [6.45, 7) is 0.804. The van der Waals surface area contributed by atoms with Crippen LogP contribution in [-0.4, -0.2) is 17.6 Å². The van der Waals surface area contributed by atoms with Crippen LogP contribution in [0.3, 0.4) is 0 Å². The second kappa shape index (κ2) is 4.28. The second-order valence-corrected chi connectivity index (χ2v) is 3.56. The molecule has 1 aromatic carbocycles. The Labute approximate surface area is 88.4 Å². The molecule has 0 saturated heterocycles. The maximum absolute atomic E-state index is 11.0. The molecule has 0 radical (unpaired) electrons. The van der Waals surface area contributed by atoms with Crippen molar-refractivity contribution in [2.45, 2.75) is 12.5 Å². The van der Waals surface area contributed by atoms with Crippen LogP contribution in [0.4, 0.5) is 0 Å². The topological polar surface area (TPSA) is 49.3 Å². The average Bonchev–Trinajstić information content (AvgIpc) is 2.30. The van der Waals surface area contributed by atoms with Gasteiger partial charge in [-0.1, -0.05) is 30.4 Å². The summed E-state index contributed by atoms with van der Waals surface area (Å²) in [6, 6.07) is 7.29. The highest BCUT2D eigenvalue weighted by atomic mass is 16.4. The van der Waals surface area contributed by atoms with Crippen molar-refractivity contribution in [3.05, 3.63) is 47.5 Å². The van der Waals surface area contributed by atoms with Gasteiger partial charge in [-0.2, -0.15) is 0 Å². The van der Waals surface area contributed by atoms with E-state index in [-0.39, 0.29) is 6.04 Å². The van der Waals surface area contributed by atoms with E-state index in [4.69, 9.17) is 5.11 Å². The Morgan fingerprint density at radius 2 is 2.13 bits per heavy atom. The number of aromatic carboxylic acids is 1. The number of carboxylic acids is 1. The smallest absolute Gasteiger partial charge is 0.336 e. The lowest BCUT2D eigenvalue weighted by Crippen LogP contribution is -2.25. The Morgan fingerprint density at radius 1 is 1.33 bits per heavy atom. The lowest BCUT2D eigenvalue weighted by molar-refractivity contribution is 0.0695. The summed E-state index contributed by atoms with van der Waals surface area (Å²) >= 11 is 0. The van der Waals surface area contributed by atoms with Crippen molar-refractivity contribution in [3.63, 3.8) is 0 Å². The van der Waals surface area contributed by atoms with Gasteiger partial charge in [0.15, 0.2) is 0 Å². The van der Waals surface area contributed by atoms with Crippen LogP contribution in [0.1, 0.15) is 28.4 Å². The zero-order chi connectivity index (χ0) is 10.7. The van der Waals surface area contributed by atoms with E-state index in [1.807, 2.05) is 12.1 Å². The first-order valence-corrected chi connectivity index (χ1v) is 4.99. The average molecular weight is 203 g/mol. The van der Waals surface area contributed by atoms with Gasteiger partial charge in [-0.3, -0.25) is 0 Å². The van der Waals surface area contributed by atoms with Gasteiger partial charge in [0.2, 0.25) is 0 Å². The fourth-order valence-electron chi connectivity index (χ4n) is 1.84. The normalized spacial score (nSPS) is 20.1. The Morgan fingerprint density at radius 3 is 2.80 bits per heavy atom. The van der Waals surface area contributed by atoms with E-state index in [9.17, 15) is 4.79 Å². The van der Waals surface area contributed by atoms with Crippen LogP contribution >= 0.6 is 0 Å². The Bertz CT molecular complexity index is 398. The minimum absolute atomic E-state index is 0.127. The van der Waals surface area contributed by atoms with E-state index in [0.717, 1.165) is 18.5 Å². The quantitative estimate of drug-likeness (QED) is 0.722. The third-order valence-electron chi connectivity index (χ3n) is 2.59. The van der Waals surface area contributed by atoms with Crippen molar-refractivity contribution in [1.29, 1.82) is 0 Å². The van der Waals surface area contributed by atoms with Crippen molar-refractivity contribution < 1.29 is 9.90 Å². The first-order valence-electron chi connectivity index (χ1n) is 4.99. The van der Waals surface area contributed by atoms with Crippen LogP contribution < -0.4 is 5.32 Å². The third-order valence-corrected chi connectivity index (χ3v) is 2.59. The molecule has 0 amide bonds. The molecule has 15 heavy (non-hydrogen) atoms. The van der Waals surface area contributed by atoms with Crippen molar-refractivity contribution in [2.75, 3.05) is 6.54 Å². The molecule has 0 bridgehead atoms. The predicted octanol–water partition coefficient (Wildman–Crippen LogP) is 1.98. The Hall–Kier alpha value is -1.61. The van der Waals surface area contributed by atoms with Gasteiger partial charge in [0, 0.05) is 12.6 Å². The fraction of sp³-hybridized carbons (Fsp3) is 0.250. The molecule has 0 aliphatic carbocycles. The molecule has 2 N–H and O–H groups in total. The molecule has 3 heteroatoms. The number of rotatable bonds is 2. The zero-order valence-corrected chi connectivity index (χ0v) is 8.31. The zero-order valence-electron chi connectivity index (χ0n) is 8.31. The Balaban J connectivity index is 2.34. The van der Waals surface area contributed by atoms with E-state index >= 15 is 0 Å². The summed E-state index contributed by atoms with van der Waals surface area (Å²) in [6.07, 6.45) is 4.99. The van der Waals surface area contributed by atoms with E-state index in [1.165, 1.54) is 0 Å². The number of carbonyl (C=O) groups is 1. The molecule has 1 aliphatic rings. The molecule has 1 unspecified atom stereocenters. The Kier molecular flexibility index (Phi) is 2.83. The summed E-state index contributed by atoms with van der Waals surface area (Å²) in [5, 5.41) is 12.3. The number of benzene rings is 1. The maximum atomic E-state index is 11.0. The van der Waals surface area contributed by atoms with Crippen LogP contribution in [0, 0.1) is 0 Å². The molecular weight excluding hydrogens is 190 g/mol. The van der Waals surface area contributed by atoms with Crippen molar-refractivity contribution >= 4 is 5.97 Å². The molecule has 1 aliphatic heterocycles. The molecule has 1 atom stereocenters. The SMILES string of the molecule is O=C(O)c1ccccc1C1CC=CCN1. The molecule has 0 fully saturated rings. The van der Waals surface area contributed by atoms with Gasteiger partial charge in [0.25, 0.3) is 0 Å². The van der Waals surface area contributed by atoms with Gasteiger partial charge in [-0.15, -0.1) is 0 Å². The van der Waals surface area contributed by atoms with Crippen LogP contribution in [0.15, 0.2) is 36.4 Å². The minimum atomic E-state index is -0.859. The van der Waals surface area contributed by atoms with Crippen LogP contribution in [-0.2, 0) is 0 Å². The summed E-state index contributed by atoms with van der Waals surface area (Å²) < 4.78 is 0. The second-order valence-electron chi connectivity index (χ2n) is 3.56. The van der Waals surface area contributed by atoms with Crippen LogP contribution in [0.2, 0.25) is 0 Å². The first kappa shape index (κ1) is 9.93. The molecule has 78 valence electrons. The van der Waals surface area contributed by atoms with Crippen molar-refractivity contribution in [3.8, 4) is 0 Å². The number of carboxylic acid groups (broad SMARTS) is 1. The third kappa shape index (κ3) is 2.07. The van der Waals surface area contributed by atoms with E-state index in [0.29, 0.717) is 5.56 Å². The molecule has 0 spiro atoms. The van der Waals surface area contributed by atoms with Crippen LogP contribution in [0.25, 0.3) is 0 Å². The molecule has 3 nitrogen and oxygen atoms in total. The maximum Gasteiger partial charge on any atom is 0.336 e. The van der Waals surface area contributed by atoms with Gasteiger partial charge in [0.05, 0.1) is 5.56 Å².